The highest BCUT2D eigenvalue weighted by Crippen LogP contribution is 2.26. The van der Waals surface area contributed by atoms with Crippen molar-refractivity contribution < 1.29 is 9.53 Å². The van der Waals surface area contributed by atoms with E-state index in [9.17, 15) is 4.79 Å². The Morgan fingerprint density at radius 2 is 2.19 bits per heavy atom. The highest BCUT2D eigenvalue weighted by molar-refractivity contribution is 5.69. The number of hydrogen-bond donors (Lipinski definition) is 1. The van der Waals surface area contributed by atoms with Gasteiger partial charge in [0, 0.05) is 12.6 Å². The molecule has 3 heteroatoms. The van der Waals surface area contributed by atoms with Crippen LogP contribution in [0.15, 0.2) is 0 Å². The Morgan fingerprint density at radius 1 is 1.38 bits per heavy atom. The van der Waals surface area contributed by atoms with Gasteiger partial charge in [-0.15, -0.1) is 0 Å². The molecule has 0 saturated heterocycles. The quantitative estimate of drug-likeness (QED) is 0.709. The summed E-state index contributed by atoms with van der Waals surface area (Å²) in [4.78, 5) is 11.1. The van der Waals surface area contributed by atoms with Crippen LogP contribution in [0.5, 0.6) is 0 Å². The van der Waals surface area contributed by atoms with Crippen LogP contribution in [0, 0.1) is 5.92 Å². The van der Waals surface area contributed by atoms with E-state index in [0.717, 1.165) is 12.5 Å². The first-order valence-electron chi connectivity index (χ1n) is 6.65. The lowest BCUT2D eigenvalue weighted by molar-refractivity contribution is -0.143. The molecule has 3 nitrogen and oxygen atoms in total. The van der Waals surface area contributed by atoms with Crippen molar-refractivity contribution in [1.82, 2.24) is 5.32 Å². The van der Waals surface area contributed by atoms with Gasteiger partial charge < -0.3 is 10.1 Å². The second kappa shape index (κ2) is 7.66. The van der Waals surface area contributed by atoms with Crippen LogP contribution >= 0.6 is 0 Å². The normalized spacial score (nSPS) is 25.4. The summed E-state index contributed by atoms with van der Waals surface area (Å²) in [6, 6.07) is 0.619. The van der Waals surface area contributed by atoms with Gasteiger partial charge >= 0.3 is 5.97 Å². The summed E-state index contributed by atoms with van der Waals surface area (Å²) in [6.07, 6.45) is 7.04. The maximum atomic E-state index is 11.1. The summed E-state index contributed by atoms with van der Waals surface area (Å²) in [5.74, 6) is 0.798. The number of ether oxygens (including phenoxy) is 1. The van der Waals surface area contributed by atoms with Crippen molar-refractivity contribution in [2.24, 2.45) is 5.92 Å². The summed E-state index contributed by atoms with van der Waals surface area (Å²) in [5.41, 5.74) is 0. The summed E-state index contributed by atoms with van der Waals surface area (Å²) in [7, 11) is 0. The fraction of sp³-hybridized carbons (Fsp3) is 0.923. The molecule has 1 fully saturated rings. The van der Waals surface area contributed by atoms with Gasteiger partial charge in [-0.1, -0.05) is 26.2 Å². The molecular weight excluding hydrogens is 202 g/mol. The molecule has 0 spiro atoms. The standard InChI is InChI=1S/C13H25NO2/c1-3-11-6-5-7-12(10-11)14-9-8-13(15)16-4-2/h11-12,14H,3-10H2,1-2H3. The van der Waals surface area contributed by atoms with Gasteiger partial charge in [0.2, 0.25) is 0 Å². The molecular formula is C13H25NO2. The van der Waals surface area contributed by atoms with E-state index < -0.39 is 0 Å². The molecule has 0 heterocycles. The van der Waals surface area contributed by atoms with E-state index in [0.29, 0.717) is 19.1 Å². The Kier molecular flexibility index (Phi) is 6.46. The second-order valence-electron chi connectivity index (χ2n) is 4.65. The van der Waals surface area contributed by atoms with E-state index in [2.05, 4.69) is 12.2 Å². The molecule has 0 aromatic carbocycles. The van der Waals surface area contributed by atoms with Gasteiger partial charge in [-0.3, -0.25) is 4.79 Å². The third kappa shape index (κ3) is 4.97. The molecule has 0 bridgehead atoms. The zero-order valence-corrected chi connectivity index (χ0v) is 10.6. The van der Waals surface area contributed by atoms with Crippen molar-refractivity contribution in [3.05, 3.63) is 0 Å². The van der Waals surface area contributed by atoms with Gasteiger partial charge in [0.1, 0.15) is 0 Å². The monoisotopic (exact) mass is 227 g/mol. The first kappa shape index (κ1) is 13.5. The Hall–Kier alpha value is -0.570. The van der Waals surface area contributed by atoms with Gasteiger partial charge in [0.25, 0.3) is 0 Å². The molecule has 16 heavy (non-hydrogen) atoms. The van der Waals surface area contributed by atoms with Gasteiger partial charge in [0.15, 0.2) is 0 Å². The van der Waals surface area contributed by atoms with Crippen LogP contribution in [-0.4, -0.2) is 25.2 Å². The van der Waals surface area contributed by atoms with Crippen LogP contribution in [0.1, 0.15) is 52.4 Å². The zero-order chi connectivity index (χ0) is 11.8. The smallest absolute Gasteiger partial charge is 0.307 e. The van der Waals surface area contributed by atoms with E-state index >= 15 is 0 Å². The number of nitrogens with one attached hydrogen (secondary N) is 1. The highest BCUT2D eigenvalue weighted by atomic mass is 16.5. The van der Waals surface area contributed by atoms with Gasteiger partial charge in [-0.25, -0.2) is 0 Å². The molecule has 0 aromatic rings. The maximum absolute atomic E-state index is 11.1. The number of carbonyl (C=O) groups excluding carboxylic acids is 1. The van der Waals surface area contributed by atoms with Gasteiger partial charge in [0.05, 0.1) is 13.0 Å². The van der Waals surface area contributed by atoms with Crippen LogP contribution < -0.4 is 5.32 Å². The summed E-state index contributed by atoms with van der Waals surface area (Å²) in [6.45, 7) is 5.37. The van der Waals surface area contributed by atoms with Crippen molar-refractivity contribution in [2.45, 2.75) is 58.4 Å². The highest BCUT2D eigenvalue weighted by Gasteiger charge is 2.20. The van der Waals surface area contributed by atoms with Crippen LogP contribution in [0.4, 0.5) is 0 Å². The Labute approximate surface area is 98.9 Å². The number of hydrogen-bond acceptors (Lipinski definition) is 3. The van der Waals surface area contributed by atoms with Crippen molar-refractivity contribution in [3.63, 3.8) is 0 Å². The lowest BCUT2D eigenvalue weighted by atomic mass is 9.84. The molecule has 2 atom stereocenters. The fourth-order valence-corrected chi connectivity index (χ4v) is 2.46. The molecule has 0 aliphatic heterocycles. The number of esters is 1. The van der Waals surface area contributed by atoms with Crippen LogP contribution in [0.3, 0.4) is 0 Å². The Balaban J connectivity index is 2.10. The van der Waals surface area contributed by atoms with E-state index in [-0.39, 0.29) is 5.97 Å². The third-order valence-electron chi connectivity index (χ3n) is 3.43. The fourth-order valence-electron chi connectivity index (χ4n) is 2.46. The first-order chi connectivity index (χ1) is 7.76. The van der Waals surface area contributed by atoms with Gasteiger partial charge in [-0.05, 0) is 25.7 Å². The molecule has 1 aliphatic carbocycles. The Morgan fingerprint density at radius 3 is 2.88 bits per heavy atom. The molecule has 1 N–H and O–H groups in total. The van der Waals surface area contributed by atoms with Crippen molar-refractivity contribution >= 4 is 5.97 Å². The van der Waals surface area contributed by atoms with Crippen LogP contribution in [-0.2, 0) is 9.53 Å². The van der Waals surface area contributed by atoms with Crippen LogP contribution in [0.25, 0.3) is 0 Å². The molecule has 1 saturated carbocycles. The molecule has 0 amide bonds. The summed E-state index contributed by atoms with van der Waals surface area (Å²) in [5, 5.41) is 3.47. The SMILES string of the molecule is CCOC(=O)CCNC1CCCC(CC)C1. The van der Waals surface area contributed by atoms with Gasteiger partial charge in [-0.2, -0.15) is 0 Å². The third-order valence-corrected chi connectivity index (χ3v) is 3.43. The van der Waals surface area contributed by atoms with E-state index in [4.69, 9.17) is 4.74 Å². The first-order valence-corrected chi connectivity index (χ1v) is 6.65. The molecule has 0 radical (unpaired) electrons. The van der Waals surface area contributed by atoms with E-state index in [1.165, 1.54) is 32.1 Å². The zero-order valence-electron chi connectivity index (χ0n) is 10.6. The summed E-state index contributed by atoms with van der Waals surface area (Å²) >= 11 is 0. The molecule has 0 aromatic heterocycles. The number of rotatable bonds is 6. The number of carbonyl (C=O) groups is 1. The Bertz CT molecular complexity index is 206. The minimum atomic E-state index is -0.0853. The van der Waals surface area contributed by atoms with Crippen molar-refractivity contribution in [1.29, 1.82) is 0 Å². The average molecular weight is 227 g/mol. The molecule has 1 aliphatic rings. The maximum Gasteiger partial charge on any atom is 0.307 e. The molecule has 1 rings (SSSR count). The molecule has 94 valence electrons. The topological polar surface area (TPSA) is 38.3 Å². The predicted octanol–water partition coefficient (Wildman–Crippen LogP) is 2.50. The lowest BCUT2D eigenvalue weighted by Gasteiger charge is -2.29. The minimum absolute atomic E-state index is 0.0853. The largest absolute Gasteiger partial charge is 0.466 e. The minimum Gasteiger partial charge on any atom is -0.466 e. The second-order valence-corrected chi connectivity index (χ2v) is 4.65. The molecule has 2 unspecified atom stereocenters. The average Bonchev–Trinajstić information content (AvgIpc) is 2.30. The van der Waals surface area contributed by atoms with E-state index in [1.54, 1.807) is 0 Å². The lowest BCUT2D eigenvalue weighted by Crippen LogP contribution is -2.35. The van der Waals surface area contributed by atoms with E-state index in [1.807, 2.05) is 6.92 Å². The summed E-state index contributed by atoms with van der Waals surface area (Å²) < 4.78 is 4.89. The van der Waals surface area contributed by atoms with Crippen molar-refractivity contribution in [3.8, 4) is 0 Å². The van der Waals surface area contributed by atoms with Crippen LogP contribution in [0.2, 0.25) is 0 Å². The van der Waals surface area contributed by atoms with Crippen molar-refractivity contribution in [2.75, 3.05) is 13.2 Å². The predicted molar refractivity (Wildman–Crippen MR) is 65.3 cm³/mol.